The van der Waals surface area contributed by atoms with Gasteiger partial charge in [-0.2, -0.15) is 0 Å². The van der Waals surface area contributed by atoms with Gasteiger partial charge in [0, 0.05) is 6.20 Å². The molecule has 1 atom stereocenters. The summed E-state index contributed by atoms with van der Waals surface area (Å²) in [6.07, 6.45) is 1.49. The van der Waals surface area contributed by atoms with E-state index >= 15 is 0 Å². The minimum Gasteiger partial charge on any atom is -0.490 e. The number of benzene rings is 1. The highest BCUT2D eigenvalue weighted by molar-refractivity contribution is 5.94. The maximum atomic E-state index is 12.2. The third-order valence-corrected chi connectivity index (χ3v) is 3.48. The van der Waals surface area contributed by atoms with Gasteiger partial charge in [-0.15, -0.1) is 0 Å². The van der Waals surface area contributed by atoms with Crippen LogP contribution in [0, 0.1) is 0 Å². The van der Waals surface area contributed by atoms with Gasteiger partial charge in [0.15, 0.2) is 11.5 Å². The molecule has 2 rings (SSSR count). The van der Waals surface area contributed by atoms with E-state index in [4.69, 9.17) is 9.47 Å². The molecule has 0 aliphatic carbocycles. The van der Waals surface area contributed by atoms with Crippen molar-refractivity contribution in [3.05, 3.63) is 58.0 Å². The van der Waals surface area contributed by atoms with Crippen molar-refractivity contribution in [2.45, 2.75) is 26.8 Å². The number of carbonyl (C=O) groups excluding carboxylic acids is 1. The predicted octanol–water partition coefficient (Wildman–Crippen LogP) is 2.66. The summed E-state index contributed by atoms with van der Waals surface area (Å²) in [4.78, 5) is 26.4. The first kappa shape index (κ1) is 17.6. The van der Waals surface area contributed by atoms with E-state index < -0.39 is 11.5 Å². The maximum Gasteiger partial charge on any atom is 0.260 e. The molecule has 6 nitrogen and oxygen atoms in total. The molecule has 2 aromatic rings. The number of nitrogens with one attached hydrogen (secondary N) is 2. The molecule has 1 amide bonds. The number of pyridine rings is 1. The highest BCUT2D eigenvalue weighted by Gasteiger charge is 2.16. The minimum atomic E-state index is -0.420. The average Bonchev–Trinajstić information content (AvgIpc) is 2.57. The molecule has 0 aliphatic rings. The summed E-state index contributed by atoms with van der Waals surface area (Å²) in [5.41, 5.74) is 0.534. The Morgan fingerprint density at radius 2 is 1.88 bits per heavy atom. The number of rotatable bonds is 7. The van der Waals surface area contributed by atoms with Gasteiger partial charge in [0.1, 0.15) is 5.56 Å². The first-order chi connectivity index (χ1) is 11.6. The second kappa shape index (κ2) is 8.19. The van der Waals surface area contributed by atoms with Crippen LogP contribution in [0.1, 0.15) is 42.7 Å². The van der Waals surface area contributed by atoms with Gasteiger partial charge in [-0.3, -0.25) is 9.59 Å². The van der Waals surface area contributed by atoms with Crippen LogP contribution >= 0.6 is 0 Å². The normalized spacial score (nSPS) is 11.6. The zero-order valence-electron chi connectivity index (χ0n) is 14.1. The Morgan fingerprint density at radius 3 is 2.54 bits per heavy atom. The molecule has 0 bridgehead atoms. The van der Waals surface area contributed by atoms with Crippen LogP contribution < -0.4 is 20.3 Å². The van der Waals surface area contributed by atoms with E-state index in [9.17, 15) is 9.59 Å². The molecule has 0 spiro atoms. The molecule has 0 saturated heterocycles. The van der Waals surface area contributed by atoms with Gasteiger partial charge in [0.25, 0.3) is 11.5 Å². The van der Waals surface area contributed by atoms with Gasteiger partial charge in [-0.25, -0.2) is 0 Å². The first-order valence-corrected chi connectivity index (χ1v) is 7.94. The summed E-state index contributed by atoms with van der Waals surface area (Å²) >= 11 is 0. The van der Waals surface area contributed by atoms with Crippen LogP contribution in [0.25, 0.3) is 0 Å². The number of carbonyl (C=O) groups is 1. The molecule has 1 unspecified atom stereocenters. The van der Waals surface area contributed by atoms with Crippen molar-refractivity contribution in [1.29, 1.82) is 0 Å². The molecule has 0 saturated carbocycles. The van der Waals surface area contributed by atoms with Gasteiger partial charge in [-0.1, -0.05) is 6.07 Å². The number of aromatic amines is 1. The molecular formula is C18H22N2O4. The molecule has 0 fully saturated rings. The lowest BCUT2D eigenvalue weighted by molar-refractivity contribution is 0.0938. The zero-order chi connectivity index (χ0) is 17.5. The SMILES string of the molecule is CCOc1ccc(C(C)NC(=O)c2ccc[nH]c2=O)cc1OCC. The fourth-order valence-electron chi connectivity index (χ4n) is 2.30. The van der Waals surface area contributed by atoms with Gasteiger partial charge < -0.3 is 19.8 Å². The molecule has 1 aromatic heterocycles. The van der Waals surface area contributed by atoms with E-state index in [1.165, 1.54) is 12.3 Å². The maximum absolute atomic E-state index is 12.2. The van der Waals surface area contributed by atoms with E-state index in [1.807, 2.05) is 39.0 Å². The third kappa shape index (κ3) is 4.16. The van der Waals surface area contributed by atoms with E-state index in [0.29, 0.717) is 24.7 Å². The highest BCUT2D eigenvalue weighted by atomic mass is 16.5. The second-order valence-corrected chi connectivity index (χ2v) is 5.18. The van der Waals surface area contributed by atoms with Crippen molar-refractivity contribution in [2.24, 2.45) is 0 Å². The molecule has 0 aliphatic heterocycles. The second-order valence-electron chi connectivity index (χ2n) is 5.18. The smallest absolute Gasteiger partial charge is 0.260 e. The van der Waals surface area contributed by atoms with Crippen LogP contribution in [-0.4, -0.2) is 24.1 Å². The molecular weight excluding hydrogens is 308 g/mol. The standard InChI is InChI=1S/C18H22N2O4/c1-4-23-15-9-8-13(11-16(15)24-5-2)12(3)20-18(22)14-7-6-10-19-17(14)21/h6-12H,4-5H2,1-3H3,(H,19,21)(H,20,22). The zero-order valence-corrected chi connectivity index (χ0v) is 14.1. The molecule has 128 valence electrons. The van der Waals surface area contributed by atoms with Crippen LogP contribution in [0.2, 0.25) is 0 Å². The summed E-state index contributed by atoms with van der Waals surface area (Å²) < 4.78 is 11.1. The summed E-state index contributed by atoms with van der Waals surface area (Å²) in [5, 5.41) is 2.82. The fourth-order valence-corrected chi connectivity index (χ4v) is 2.30. The van der Waals surface area contributed by atoms with Gasteiger partial charge in [0.2, 0.25) is 0 Å². The molecule has 24 heavy (non-hydrogen) atoms. The lowest BCUT2D eigenvalue weighted by Crippen LogP contribution is -2.31. The number of amides is 1. The third-order valence-electron chi connectivity index (χ3n) is 3.48. The summed E-state index contributed by atoms with van der Waals surface area (Å²) in [5.74, 6) is 0.882. The summed E-state index contributed by atoms with van der Waals surface area (Å²) in [6, 6.07) is 8.35. The van der Waals surface area contributed by atoms with Crippen LogP contribution in [0.4, 0.5) is 0 Å². The molecule has 0 radical (unpaired) electrons. The lowest BCUT2D eigenvalue weighted by Gasteiger charge is -2.17. The van der Waals surface area contributed by atoms with E-state index in [-0.39, 0.29) is 11.6 Å². The Hall–Kier alpha value is -2.76. The molecule has 2 N–H and O–H groups in total. The Kier molecular flexibility index (Phi) is 6.01. The minimum absolute atomic E-state index is 0.0836. The van der Waals surface area contributed by atoms with Crippen molar-refractivity contribution in [2.75, 3.05) is 13.2 Å². The van der Waals surface area contributed by atoms with Crippen LogP contribution in [-0.2, 0) is 0 Å². The van der Waals surface area contributed by atoms with Gasteiger partial charge in [0.05, 0.1) is 19.3 Å². The number of hydrogen-bond acceptors (Lipinski definition) is 4. The summed E-state index contributed by atoms with van der Waals surface area (Å²) in [7, 11) is 0. The van der Waals surface area contributed by atoms with Crippen LogP contribution in [0.15, 0.2) is 41.3 Å². The van der Waals surface area contributed by atoms with Crippen LogP contribution in [0.3, 0.4) is 0 Å². The highest BCUT2D eigenvalue weighted by Crippen LogP contribution is 2.30. The van der Waals surface area contributed by atoms with E-state index in [0.717, 1.165) is 5.56 Å². The van der Waals surface area contributed by atoms with E-state index in [2.05, 4.69) is 10.3 Å². The average molecular weight is 330 g/mol. The number of hydrogen-bond donors (Lipinski definition) is 2. The van der Waals surface area contributed by atoms with Gasteiger partial charge in [-0.05, 0) is 50.6 Å². The number of H-pyrrole nitrogens is 1. The van der Waals surface area contributed by atoms with Crippen molar-refractivity contribution in [3.63, 3.8) is 0 Å². The number of ether oxygens (including phenoxy) is 2. The topological polar surface area (TPSA) is 80.4 Å². The Labute approximate surface area is 140 Å². The Morgan fingerprint density at radius 1 is 1.17 bits per heavy atom. The monoisotopic (exact) mass is 330 g/mol. The molecule has 1 aromatic carbocycles. The van der Waals surface area contributed by atoms with Crippen molar-refractivity contribution < 1.29 is 14.3 Å². The molecule has 1 heterocycles. The van der Waals surface area contributed by atoms with Crippen molar-refractivity contribution in [1.82, 2.24) is 10.3 Å². The molecule has 6 heteroatoms. The number of aromatic nitrogens is 1. The summed E-state index contributed by atoms with van der Waals surface area (Å²) in [6.45, 7) is 6.71. The predicted molar refractivity (Wildman–Crippen MR) is 91.7 cm³/mol. The first-order valence-electron chi connectivity index (χ1n) is 7.94. The quantitative estimate of drug-likeness (QED) is 0.818. The largest absolute Gasteiger partial charge is 0.490 e. The van der Waals surface area contributed by atoms with Crippen molar-refractivity contribution in [3.8, 4) is 11.5 Å². The van der Waals surface area contributed by atoms with E-state index in [1.54, 1.807) is 6.07 Å². The fraction of sp³-hybridized carbons (Fsp3) is 0.333. The van der Waals surface area contributed by atoms with Crippen molar-refractivity contribution >= 4 is 5.91 Å². The Balaban J connectivity index is 2.18. The van der Waals surface area contributed by atoms with Gasteiger partial charge >= 0.3 is 0 Å². The lowest BCUT2D eigenvalue weighted by atomic mass is 10.1. The Bertz CT molecular complexity index is 755. The van der Waals surface area contributed by atoms with Crippen LogP contribution in [0.5, 0.6) is 11.5 Å².